The normalized spacial score (nSPS) is 21.3. The number of hydrogen-bond donors (Lipinski definition) is 1. The van der Waals surface area contributed by atoms with Gasteiger partial charge in [-0.15, -0.1) is 0 Å². The minimum atomic E-state index is -0.491. The Kier molecular flexibility index (Phi) is 6.93. The second kappa shape index (κ2) is 8.48. The Balaban J connectivity index is 1.89. The molecule has 0 aromatic heterocycles. The number of aliphatic hydroxyl groups is 1. The van der Waals surface area contributed by atoms with Crippen LogP contribution in [-0.4, -0.2) is 55.1 Å². The number of ether oxygens (including phenoxy) is 2. The molecule has 1 aliphatic rings. The van der Waals surface area contributed by atoms with E-state index in [1.54, 1.807) is 6.07 Å². The molecule has 4 nitrogen and oxygen atoms in total. The van der Waals surface area contributed by atoms with Gasteiger partial charge in [-0.2, -0.15) is 0 Å². The van der Waals surface area contributed by atoms with E-state index in [4.69, 9.17) is 32.7 Å². The largest absolute Gasteiger partial charge is 0.389 e. The quantitative estimate of drug-likeness (QED) is 0.858. The maximum atomic E-state index is 10.0. The number of morpholine rings is 1. The Labute approximate surface area is 141 Å². The molecule has 0 amide bonds. The lowest BCUT2D eigenvalue weighted by Gasteiger charge is -2.34. The van der Waals surface area contributed by atoms with Gasteiger partial charge in [-0.1, -0.05) is 29.3 Å². The Morgan fingerprint density at radius 2 is 2.14 bits per heavy atom. The summed E-state index contributed by atoms with van der Waals surface area (Å²) in [5.41, 5.74) is 1.01. The second-order valence-corrected chi connectivity index (χ2v) is 6.64. The lowest BCUT2D eigenvalue weighted by atomic mass is 10.1. The first-order valence-corrected chi connectivity index (χ1v) is 8.30. The minimum absolute atomic E-state index is 0.0540. The van der Waals surface area contributed by atoms with E-state index in [2.05, 4.69) is 4.90 Å². The van der Waals surface area contributed by atoms with Crippen LogP contribution < -0.4 is 0 Å². The van der Waals surface area contributed by atoms with Gasteiger partial charge in [0.05, 0.1) is 41.6 Å². The summed E-state index contributed by atoms with van der Waals surface area (Å²) >= 11 is 12.0. The molecule has 2 unspecified atom stereocenters. The SMILES string of the molecule is CC(C)OCC(O)CN1CCOC(c2ccc(Cl)c(Cl)c2)C1. The standard InChI is InChI=1S/C16H23Cl2NO3/c1-11(2)22-10-13(20)8-19-5-6-21-16(9-19)12-3-4-14(17)15(18)7-12/h3-4,7,11,13,16,20H,5-6,8-10H2,1-2H3. The molecule has 1 saturated heterocycles. The highest BCUT2D eigenvalue weighted by molar-refractivity contribution is 6.42. The van der Waals surface area contributed by atoms with Crippen LogP contribution in [0.5, 0.6) is 0 Å². The number of nitrogens with zero attached hydrogens (tertiary/aromatic N) is 1. The average molecular weight is 348 g/mol. The van der Waals surface area contributed by atoms with Crippen LogP contribution in [0.15, 0.2) is 18.2 Å². The third kappa shape index (κ3) is 5.37. The number of benzene rings is 1. The fourth-order valence-corrected chi connectivity index (χ4v) is 2.74. The molecule has 2 atom stereocenters. The predicted molar refractivity (Wildman–Crippen MR) is 88.7 cm³/mol. The molecule has 0 spiro atoms. The van der Waals surface area contributed by atoms with E-state index in [1.807, 2.05) is 26.0 Å². The summed E-state index contributed by atoms with van der Waals surface area (Å²) in [5, 5.41) is 11.1. The van der Waals surface area contributed by atoms with Crippen molar-refractivity contribution in [3.05, 3.63) is 33.8 Å². The third-order valence-electron chi connectivity index (χ3n) is 3.56. The topological polar surface area (TPSA) is 41.9 Å². The molecule has 0 saturated carbocycles. The zero-order valence-electron chi connectivity index (χ0n) is 13.0. The molecule has 0 bridgehead atoms. The highest BCUT2D eigenvalue weighted by Crippen LogP contribution is 2.29. The Hall–Kier alpha value is -0.360. The van der Waals surface area contributed by atoms with Gasteiger partial charge in [-0.05, 0) is 31.5 Å². The molecule has 1 fully saturated rings. The number of hydrogen-bond acceptors (Lipinski definition) is 4. The summed E-state index contributed by atoms with van der Waals surface area (Å²) in [4.78, 5) is 2.19. The zero-order chi connectivity index (χ0) is 16.1. The van der Waals surface area contributed by atoms with Crippen molar-refractivity contribution in [2.24, 2.45) is 0 Å². The van der Waals surface area contributed by atoms with Gasteiger partial charge >= 0.3 is 0 Å². The van der Waals surface area contributed by atoms with Gasteiger partial charge in [0.15, 0.2) is 0 Å². The van der Waals surface area contributed by atoms with Crippen LogP contribution in [0.3, 0.4) is 0 Å². The number of rotatable bonds is 6. The van der Waals surface area contributed by atoms with Gasteiger partial charge in [-0.3, -0.25) is 4.90 Å². The predicted octanol–water partition coefficient (Wildman–Crippen LogP) is 3.15. The van der Waals surface area contributed by atoms with Crippen LogP contribution in [0.25, 0.3) is 0 Å². The van der Waals surface area contributed by atoms with E-state index in [0.29, 0.717) is 29.8 Å². The van der Waals surface area contributed by atoms with Gasteiger partial charge in [0.25, 0.3) is 0 Å². The van der Waals surface area contributed by atoms with E-state index in [0.717, 1.165) is 18.7 Å². The summed E-state index contributed by atoms with van der Waals surface area (Å²) < 4.78 is 11.3. The van der Waals surface area contributed by atoms with Crippen LogP contribution in [0.4, 0.5) is 0 Å². The van der Waals surface area contributed by atoms with Crippen molar-refractivity contribution in [2.75, 3.05) is 32.8 Å². The molecule has 0 radical (unpaired) electrons. The first kappa shape index (κ1) is 18.0. The second-order valence-electron chi connectivity index (χ2n) is 5.83. The maximum Gasteiger partial charge on any atom is 0.0952 e. The van der Waals surface area contributed by atoms with Gasteiger partial charge < -0.3 is 14.6 Å². The Bertz CT molecular complexity index is 484. The van der Waals surface area contributed by atoms with Crippen LogP contribution in [0.1, 0.15) is 25.5 Å². The Morgan fingerprint density at radius 3 is 2.82 bits per heavy atom. The molecule has 2 rings (SSSR count). The summed E-state index contributed by atoms with van der Waals surface area (Å²) in [7, 11) is 0. The van der Waals surface area contributed by atoms with Crippen molar-refractivity contribution in [3.63, 3.8) is 0 Å². The van der Waals surface area contributed by atoms with E-state index < -0.39 is 6.10 Å². The van der Waals surface area contributed by atoms with Crippen LogP contribution >= 0.6 is 23.2 Å². The fourth-order valence-electron chi connectivity index (χ4n) is 2.44. The van der Waals surface area contributed by atoms with Gasteiger partial charge in [0, 0.05) is 19.6 Å². The summed E-state index contributed by atoms with van der Waals surface area (Å²) in [6.45, 7) is 7.00. The van der Waals surface area contributed by atoms with Crippen molar-refractivity contribution >= 4 is 23.2 Å². The zero-order valence-corrected chi connectivity index (χ0v) is 14.5. The van der Waals surface area contributed by atoms with Crippen LogP contribution in [0, 0.1) is 0 Å². The van der Waals surface area contributed by atoms with Crippen molar-refractivity contribution in [1.29, 1.82) is 0 Å². The van der Waals surface area contributed by atoms with E-state index >= 15 is 0 Å². The van der Waals surface area contributed by atoms with Crippen molar-refractivity contribution in [1.82, 2.24) is 4.90 Å². The molecule has 22 heavy (non-hydrogen) atoms. The number of halogens is 2. The van der Waals surface area contributed by atoms with E-state index in [-0.39, 0.29) is 12.2 Å². The third-order valence-corrected chi connectivity index (χ3v) is 4.30. The van der Waals surface area contributed by atoms with Crippen LogP contribution in [0.2, 0.25) is 10.0 Å². The van der Waals surface area contributed by atoms with E-state index in [9.17, 15) is 5.11 Å². The summed E-state index contributed by atoms with van der Waals surface area (Å²) in [6, 6.07) is 5.56. The molecular weight excluding hydrogens is 325 g/mol. The molecule has 124 valence electrons. The van der Waals surface area contributed by atoms with Crippen molar-refractivity contribution < 1.29 is 14.6 Å². The van der Waals surface area contributed by atoms with Gasteiger partial charge in [0.1, 0.15) is 0 Å². The first-order valence-electron chi connectivity index (χ1n) is 7.54. The lowest BCUT2D eigenvalue weighted by Crippen LogP contribution is -2.43. The number of aliphatic hydroxyl groups excluding tert-OH is 1. The molecule has 1 heterocycles. The lowest BCUT2D eigenvalue weighted by molar-refractivity contribution is -0.0574. The fraction of sp³-hybridized carbons (Fsp3) is 0.625. The molecule has 6 heteroatoms. The van der Waals surface area contributed by atoms with Crippen molar-refractivity contribution in [2.45, 2.75) is 32.2 Å². The molecule has 0 aliphatic carbocycles. The summed E-state index contributed by atoms with van der Waals surface area (Å²) in [5.74, 6) is 0. The molecule has 1 aliphatic heterocycles. The van der Waals surface area contributed by atoms with Gasteiger partial charge in [0.2, 0.25) is 0 Å². The first-order chi connectivity index (χ1) is 10.5. The molecule has 1 aromatic carbocycles. The number of β-amino-alcohol motifs (C(OH)–C–C–N with tert-alkyl or cyclic N) is 1. The van der Waals surface area contributed by atoms with Crippen molar-refractivity contribution in [3.8, 4) is 0 Å². The highest BCUT2D eigenvalue weighted by atomic mass is 35.5. The molecular formula is C16H23Cl2NO3. The summed E-state index contributed by atoms with van der Waals surface area (Å²) in [6.07, 6.45) is -0.417. The molecule has 1 aromatic rings. The average Bonchev–Trinajstić information content (AvgIpc) is 2.48. The highest BCUT2D eigenvalue weighted by Gasteiger charge is 2.24. The van der Waals surface area contributed by atoms with Crippen LogP contribution in [-0.2, 0) is 9.47 Å². The maximum absolute atomic E-state index is 10.0. The minimum Gasteiger partial charge on any atom is -0.389 e. The van der Waals surface area contributed by atoms with Gasteiger partial charge in [-0.25, -0.2) is 0 Å². The van der Waals surface area contributed by atoms with E-state index in [1.165, 1.54) is 0 Å². The molecule has 1 N–H and O–H groups in total. The smallest absolute Gasteiger partial charge is 0.0952 e. The Morgan fingerprint density at radius 1 is 1.36 bits per heavy atom. The monoisotopic (exact) mass is 347 g/mol.